The summed E-state index contributed by atoms with van der Waals surface area (Å²) in [4.78, 5) is 74.0. The van der Waals surface area contributed by atoms with Gasteiger partial charge in [-0.25, -0.2) is 14.6 Å². The van der Waals surface area contributed by atoms with Crippen LogP contribution in [0.4, 0.5) is 5.13 Å². The average Bonchev–Trinajstić information content (AvgIpc) is 3.56. The molecular weight excluding hydrogens is 647 g/mol. The summed E-state index contributed by atoms with van der Waals surface area (Å²) < 4.78 is 10.9. The van der Waals surface area contributed by atoms with Gasteiger partial charge in [-0.05, 0) is 23.6 Å². The number of hydrogen-bond acceptors (Lipinski definition) is 12. The summed E-state index contributed by atoms with van der Waals surface area (Å²) in [7, 11) is 0. The maximum absolute atomic E-state index is 13.8. The van der Waals surface area contributed by atoms with Crippen molar-refractivity contribution < 1.29 is 38.3 Å². The molecule has 13 nitrogen and oxygen atoms in total. The Kier molecular flexibility index (Phi) is 10.8. The molecule has 2 N–H and O–H groups in total. The molecule has 3 aromatic rings. The number of hydrogen-bond donors (Lipinski definition) is 2. The highest BCUT2D eigenvalue weighted by Gasteiger charge is 2.54. The SMILES string of the molecule is C=CC1=C(C(=O)OC(c2ccccc2)c2ccccc2)N2C(=O)C(NC(=O)C(=NOCC(=O)OCC)c3csc(NC=O)n3)[C@H]2SC1. The molecule has 0 bridgehead atoms. The molecule has 15 heteroatoms. The number of nitrogens with zero attached hydrogens (tertiary/aromatic N) is 3. The molecule has 0 spiro atoms. The van der Waals surface area contributed by atoms with Crippen LogP contribution < -0.4 is 10.6 Å². The Morgan fingerprint density at radius 3 is 2.43 bits per heavy atom. The van der Waals surface area contributed by atoms with Crippen LogP contribution >= 0.6 is 23.1 Å². The van der Waals surface area contributed by atoms with E-state index in [-0.39, 0.29) is 28.8 Å². The number of thioether (sulfide) groups is 1. The van der Waals surface area contributed by atoms with Crippen LogP contribution in [-0.4, -0.2) is 76.1 Å². The molecule has 3 amide bonds. The number of oxime groups is 1. The smallest absolute Gasteiger partial charge is 0.356 e. The van der Waals surface area contributed by atoms with Crippen molar-refractivity contribution in [3.8, 4) is 0 Å². The number of carbonyl (C=O) groups excluding carboxylic acids is 5. The van der Waals surface area contributed by atoms with E-state index in [1.165, 1.54) is 28.1 Å². The summed E-state index contributed by atoms with van der Waals surface area (Å²) in [5, 5.41) is 9.82. The number of esters is 2. The van der Waals surface area contributed by atoms with E-state index in [1.54, 1.807) is 6.92 Å². The molecule has 2 aliphatic heterocycles. The zero-order valence-corrected chi connectivity index (χ0v) is 26.6. The van der Waals surface area contributed by atoms with Crippen LogP contribution in [0.15, 0.2) is 95.1 Å². The van der Waals surface area contributed by atoms with Gasteiger partial charge in [0.25, 0.3) is 11.8 Å². The first-order chi connectivity index (χ1) is 22.9. The van der Waals surface area contributed by atoms with Gasteiger partial charge in [0.2, 0.25) is 13.0 Å². The lowest BCUT2D eigenvalue weighted by Gasteiger charge is -2.49. The minimum Gasteiger partial charge on any atom is -0.463 e. The van der Waals surface area contributed by atoms with Crippen LogP contribution in [0.25, 0.3) is 0 Å². The Bertz CT molecular complexity index is 1690. The highest BCUT2D eigenvalue weighted by atomic mass is 32.2. The van der Waals surface area contributed by atoms with Gasteiger partial charge in [-0.2, -0.15) is 0 Å². The summed E-state index contributed by atoms with van der Waals surface area (Å²) in [5.41, 5.74) is 1.76. The minimum absolute atomic E-state index is 0.0339. The molecule has 2 aromatic carbocycles. The number of allylic oxidation sites excluding steroid dienone is 1. The van der Waals surface area contributed by atoms with Crippen LogP contribution in [0, 0.1) is 0 Å². The number of carbonyl (C=O) groups is 5. The third kappa shape index (κ3) is 7.42. The standard InChI is InChI=1S/C32H29N5O8S2/c1-3-19-16-46-30-25(35-28(40)24(36-44-15-23(39)43-4-2)22-17-47-32(34-22)33-18-38)29(41)37(30)26(19)31(42)45-27(20-11-7-5-8-12-20)21-13-9-6-10-14-21/h3,5-14,17-18,25,27,30H,1,4,15-16H2,2H3,(H,35,40)(H,33,34,38)/t25?,30-/m1/s1. The molecule has 1 unspecified atom stereocenters. The van der Waals surface area contributed by atoms with E-state index >= 15 is 0 Å². The number of aromatic nitrogens is 1. The van der Waals surface area contributed by atoms with Gasteiger partial charge in [-0.15, -0.1) is 23.1 Å². The maximum Gasteiger partial charge on any atom is 0.356 e. The van der Waals surface area contributed by atoms with Crippen molar-refractivity contribution in [1.82, 2.24) is 15.2 Å². The molecule has 5 rings (SSSR count). The van der Waals surface area contributed by atoms with Crippen molar-refractivity contribution in [3.63, 3.8) is 0 Å². The van der Waals surface area contributed by atoms with Crippen molar-refractivity contribution in [2.45, 2.75) is 24.4 Å². The van der Waals surface area contributed by atoms with Gasteiger partial charge in [0.15, 0.2) is 16.9 Å². The first-order valence-corrected chi connectivity index (χ1v) is 16.2. The third-order valence-corrected chi connectivity index (χ3v) is 9.02. The van der Waals surface area contributed by atoms with Crippen LogP contribution in [0.2, 0.25) is 0 Å². The van der Waals surface area contributed by atoms with E-state index < -0.39 is 47.9 Å². The number of nitrogens with one attached hydrogen (secondary N) is 2. The Morgan fingerprint density at radius 2 is 1.81 bits per heavy atom. The lowest BCUT2D eigenvalue weighted by Crippen LogP contribution is -2.71. The van der Waals surface area contributed by atoms with Crippen LogP contribution in [0.5, 0.6) is 0 Å². The molecule has 1 aromatic heterocycles. The van der Waals surface area contributed by atoms with Crippen molar-refractivity contribution in [2.24, 2.45) is 5.16 Å². The van der Waals surface area contributed by atoms with Gasteiger partial charge in [0.1, 0.15) is 22.8 Å². The predicted octanol–water partition coefficient (Wildman–Crippen LogP) is 3.17. The second-order valence-corrected chi connectivity index (χ2v) is 11.8. The number of fused-ring (bicyclic) bond motifs is 1. The molecule has 242 valence electrons. The lowest BCUT2D eigenvalue weighted by molar-refractivity contribution is -0.154. The van der Waals surface area contributed by atoms with E-state index in [9.17, 15) is 24.0 Å². The molecule has 0 aliphatic carbocycles. The van der Waals surface area contributed by atoms with E-state index in [4.69, 9.17) is 14.3 Å². The fraction of sp³-hybridized carbons (Fsp3) is 0.219. The first-order valence-electron chi connectivity index (χ1n) is 14.3. The number of anilines is 1. The number of thiazole rings is 1. The van der Waals surface area contributed by atoms with Gasteiger partial charge in [0.05, 0.1) is 6.61 Å². The summed E-state index contributed by atoms with van der Waals surface area (Å²) >= 11 is 2.36. The Balaban J connectivity index is 1.35. The summed E-state index contributed by atoms with van der Waals surface area (Å²) in [6.07, 6.45) is 1.19. The highest BCUT2D eigenvalue weighted by Crippen LogP contribution is 2.42. The molecule has 2 atom stereocenters. The summed E-state index contributed by atoms with van der Waals surface area (Å²) in [6.45, 7) is 5.01. The largest absolute Gasteiger partial charge is 0.463 e. The van der Waals surface area contributed by atoms with Crippen LogP contribution in [-0.2, 0) is 38.3 Å². The third-order valence-electron chi connectivity index (χ3n) is 6.94. The number of amides is 3. The van der Waals surface area contributed by atoms with Crippen molar-refractivity contribution in [3.05, 3.63) is 107 Å². The van der Waals surface area contributed by atoms with E-state index in [0.717, 1.165) is 22.5 Å². The molecule has 0 radical (unpaired) electrons. The normalized spacial score (nSPS) is 17.3. The fourth-order valence-electron chi connectivity index (χ4n) is 4.80. The second kappa shape index (κ2) is 15.3. The van der Waals surface area contributed by atoms with Crippen molar-refractivity contribution >= 4 is 64.1 Å². The molecule has 1 fully saturated rings. The quantitative estimate of drug-likeness (QED) is 0.0853. The number of β-lactam (4-membered cyclic amide) rings is 1. The topological polar surface area (TPSA) is 166 Å². The zero-order chi connectivity index (χ0) is 33.3. The number of benzene rings is 2. The number of rotatable bonds is 14. The molecule has 0 saturated carbocycles. The Labute approximate surface area is 277 Å². The summed E-state index contributed by atoms with van der Waals surface area (Å²) in [6, 6.07) is 17.5. The lowest BCUT2D eigenvalue weighted by atomic mass is 10.0. The maximum atomic E-state index is 13.8. The monoisotopic (exact) mass is 675 g/mol. The van der Waals surface area contributed by atoms with E-state index in [0.29, 0.717) is 17.7 Å². The molecule has 2 aliphatic rings. The Morgan fingerprint density at radius 1 is 1.13 bits per heavy atom. The van der Waals surface area contributed by atoms with E-state index in [2.05, 4.69) is 27.4 Å². The van der Waals surface area contributed by atoms with Gasteiger partial charge in [-0.1, -0.05) is 78.5 Å². The van der Waals surface area contributed by atoms with Crippen molar-refractivity contribution in [1.29, 1.82) is 0 Å². The second-order valence-electron chi connectivity index (χ2n) is 9.86. The zero-order valence-electron chi connectivity index (χ0n) is 25.0. The molecule has 47 heavy (non-hydrogen) atoms. The van der Waals surface area contributed by atoms with Crippen LogP contribution in [0.3, 0.4) is 0 Å². The fourth-order valence-corrected chi connectivity index (χ4v) is 6.80. The summed E-state index contributed by atoms with van der Waals surface area (Å²) in [5.74, 6) is -2.47. The Hall–Kier alpha value is -5.28. The van der Waals surface area contributed by atoms with Gasteiger partial charge in [0, 0.05) is 11.1 Å². The van der Waals surface area contributed by atoms with E-state index in [1.807, 2.05) is 60.7 Å². The van der Waals surface area contributed by atoms with Gasteiger partial charge in [-0.3, -0.25) is 19.3 Å². The first kappa shape index (κ1) is 33.1. The van der Waals surface area contributed by atoms with Gasteiger partial charge < -0.3 is 24.9 Å². The molecule has 3 heterocycles. The predicted molar refractivity (Wildman–Crippen MR) is 174 cm³/mol. The molecule has 1 saturated heterocycles. The average molecular weight is 676 g/mol. The van der Waals surface area contributed by atoms with Crippen LogP contribution in [0.1, 0.15) is 29.8 Å². The molecular formula is C32H29N5O8S2. The highest BCUT2D eigenvalue weighted by molar-refractivity contribution is 8.00. The minimum atomic E-state index is -1.04. The number of ether oxygens (including phenoxy) is 2. The van der Waals surface area contributed by atoms with Gasteiger partial charge >= 0.3 is 11.9 Å². The van der Waals surface area contributed by atoms with Crippen molar-refractivity contribution in [2.75, 3.05) is 24.3 Å².